The zero-order valence-corrected chi connectivity index (χ0v) is 13.8. The van der Waals surface area contributed by atoms with Crippen molar-refractivity contribution >= 4 is 5.91 Å². The van der Waals surface area contributed by atoms with Gasteiger partial charge in [0.15, 0.2) is 11.6 Å². The van der Waals surface area contributed by atoms with E-state index in [9.17, 15) is 18.7 Å². The number of rotatable bonds is 2. The van der Waals surface area contributed by atoms with Crippen molar-refractivity contribution in [2.75, 3.05) is 6.54 Å². The maximum Gasteiger partial charge on any atom is 0.258 e. The molecule has 7 heteroatoms. The first kappa shape index (κ1) is 16.6. The van der Waals surface area contributed by atoms with Crippen molar-refractivity contribution < 1.29 is 18.7 Å². The minimum atomic E-state index is -0.963. The smallest absolute Gasteiger partial charge is 0.258 e. The Hall–Kier alpha value is -2.28. The number of carbonyl (C=O) groups is 1. The average molecular weight is 335 g/mol. The first-order valence-electron chi connectivity index (χ1n) is 7.73. The molecule has 128 valence electrons. The number of aliphatic hydroxyl groups is 1. The van der Waals surface area contributed by atoms with Gasteiger partial charge in [-0.25, -0.2) is 8.78 Å². The molecule has 0 unspecified atom stereocenters. The molecule has 2 atom stereocenters. The standard InChI is InChI=1S/C17H19F2N3O2/c1-9-16(10(2)21(3)20-9)17(24)22-8-12(23)7-15(22)11-4-5-13(18)14(19)6-11/h4-6,12,15,23H,7-8H2,1-3H3/t12-,15-/m0/s1. The zero-order valence-electron chi connectivity index (χ0n) is 13.8. The number of nitrogens with zero attached hydrogens (tertiary/aromatic N) is 3. The quantitative estimate of drug-likeness (QED) is 0.916. The molecular formula is C17H19F2N3O2. The van der Waals surface area contributed by atoms with E-state index in [1.807, 2.05) is 0 Å². The Bertz CT molecular complexity index is 803. The Labute approximate surface area is 138 Å². The van der Waals surface area contributed by atoms with Gasteiger partial charge in [-0.1, -0.05) is 6.07 Å². The van der Waals surface area contributed by atoms with Crippen LogP contribution in [-0.4, -0.2) is 38.3 Å². The van der Waals surface area contributed by atoms with Crippen LogP contribution in [0.4, 0.5) is 8.78 Å². The molecule has 0 radical (unpaired) electrons. The maximum atomic E-state index is 13.6. The third-order valence-electron chi connectivity index (χ3n) is 4.59. The van der Waals surface area contributed by atoms with Crippen molar-refractivity contribution in [2.24, 2.45) is 7.05 Å². The van der Waals surface area contributed by atoms with Gasteiger partial charge in [-0.2, -0.15) is 5.10 Å². The second-order valence-electron chi connectivity index (χ2n) is 6.21. The second-order valence-corrected chi connectivity index (χ2v) is 6.21. The highest BCUT2D eigenvalue weighted by atomic mass is 19.2. The molecule has 1 saturated heterocycles. The number of benzene rings is 1. The summed E-state index contributed by atoms with van der Waals surface area (Å²) in [7, 11) is 1.75. The molecule has 0 saturated carbocycles. The number of aliphatic hydroxyl groups excluding tert-OH is 1. The number of carbonyl (C=O) groups excluding carboxylic acids is 1. The summed E-state index contributed by atoms with van der Waals surface area (Å²) in [6, 6.07) is 3.08. The molecule has 0 spiro atoms. The third kappa shape index (κ3) is 2.69. The van der Waals surface area contributed by atoms with Crippen LogP contribution in [0.15, 0.2) is 18.2 Å². The van der Waals surface area contributed by atoms with Crippen molar-refractivity contribution in [3.8, 4) is 0 Å². The highest BCUT2D eigenvalue weighted by molar-refractivity contribution is 5.97. The SMILES string of the molecule is Cc1nn(C)c(C)c1C(=O)N1C[C@@H](O)C[C@H]1c1ccc(F)c(F)c1. The third-order valence-corrected chi connectivity index (χ3v) is 4.59. The number of hydrogen-bond donors (Lipinski definition) is 1. The van der Waals surface area contributed by atoms with E-state index in [1.165, 1.54) is 11.0 Å². The summed E-state index contributed by atoms with van der Waals surface area (Å²) in [5, 5.41) is 14.3. The van der Waals surface area contributed by atoms with Crippen molar-refractivity contribution in [2.45, 2.75) is 32.4 Å². The lowest BCUT2D eigenvalue weighted by Crippen LogP contribution is -2.32. The zero-order chi connectivity index (χ0) is 17.6. The van der Waals surface area contributed by atoms with E-state index in [4.69, 9.17) is 0 Å². The van der Waals surface area contributed by atoms with Crippen LogP contribution in [-0.2, 0) is 7.05 Å². The number of hydrogen-bond acceptors (Lipinski definition) is 3. The largest absolute Gasteiger partial charge is 0.391 e. The van der Waals surface area contributed by atoms with Gasteiger partial charge in [0.05, 0.1) is 23.4 Å². The Morgan fingerprint density at radius 3 is 2.58 bits per heavy atom. The Morgan fingerprint density at radius 1 is 1.29 bits per heavy atom. The number of likely N-dealkylation sites (tertiary alicyclic amines) is 1. The fraction of sp³-hybridized carbons (Fsp3) is 0.412. The minimum absolute atomic E-state index is 0.149. The van der Waals surface area contributed by atoms with E-state index in [2.05, 4.69) is 5.10 Å². The number of β-amino-alcohol motifs (C(OH)–C–C–N with tert-alkyl or cyclic N) is 1. The van der Waals surface area contributed by atoms with Crippen LogP contribution >= 0.6 is 0 Å². The summed E-state index contributed by atoms with van der Waals surface area (Å²) < 4.78 is 28.4. The van der Waals surface area contributed by atoms with Gasteiger partial charge in [0, 0.05) is 19.3 Å². The molecule has 5 nitrogen and oxygen atoms in total. The summed E-state index contributed by atoms with van der Waals surface area (Å²) in [4.78, 5) is 14.5. The van der Waals surface area contributed by atoms with Crippen LogP contribution in [0.3, 0.4) is 0 Å². The monoisotopic (exact) mass is 335 g/mol. The first-order valence-corrected chi connectivity index (χ1v) is 7.73. The molecule has 1 aliphatic rings. The maximum absolute atomic E-state index is 13.6. The summed E-state index contributed by atoms with van der Waals surface area (Å²) in [6.07, 6.45) is -0.417. The molecule has 1 fully saturated rings. The minimum Gasteiger partial charge on any atom is -0.391 e. The highest BCUT2D eigenvalue weighted by Gasteiger charge is 2.37. The molecule has 2 aromatic rings. The molecule has 24 heavy (non-hydrogen) atoms. The lowest BCUT2D eigenvalue weighted by Gasteiger charge is -2.25. The predicted molar refractivity (Wildman–Crippen MR) is 83.4 cm³/mol. The number of aromatic nitrogens is 2. The predicted octanol–water partition coefficient (Wildman–Crippen LogP) is 2.26. The average Bonchev–Trinajstić information content (AvgIpc) is 3.02. The lowest BCUT2D eigenvalue weighted by atomic mass is 10.0. The summed E-state index contributed by atoms with van der Waals surface area (Å²) in [6.45, 7) is 3.70. The van der Waals surface area contributed by atoms with E-state index in [0.29, 0.717) is 16.8 Å². The molecule has 1 aliphatic heterocycles. The van der Waals surface area contributed by atoms with E-state index < -0.39 is 23.8 Å². The van der Waals surface area contributed by atoms with Crippen molar-refractivity contribution in [1.82, 2.24) is 14.7 Å². The molecule has 1 amide bonds. The van der Waals surface area contributed by atoms with Crippen LogP contribution in [0.25, 0.3) is 0 Å². The van der Waals surface area contributed by atoms with Gasteiger partial charge in [-0.3, -0.25) is 9.48 Å². The van der Waals surface area contributed by atoms with Gasteiger partial charge in [0.1, 0.15) is 0 Å². The lowest BCUT2D eigenvalue weighted by molar-refractivity contribution is 0.0714. The van der Waals surface area contributed by atoms with E-state index in [-0.39, 0.29) is 18.9 Å². The molecule has 0 bridgehead atoms. The van der Waals surface area contributed by atoms with Crippen LogP contribution in [0.2, 0.25) is 0 Å². The van der Waals surface area contributed by atoms with Gasteiger partial charge in [0.2, 0.25) is 0 Å². The van der Waals surface area contributed by atoms with Crippen molar-refractivity contribution in [1.29, 1.82) is 0 Å². The number of amides is 1. The van der Waals surface area contributed by atoms with Crippen LogP contribution in [0.1, 0.15) is 39.8 Å². The first-order chi connectivity index (χ1) is 11.3. The molecular weight excluding hydrogens is 316 g/mol. The highest BCUT2D eigenvalue weighted by Crippen LogP contribution is 2.34. The number of aryl methyl sites for hydroxylation is 2. The van der Waals surface area contributed by atoms with E-state index in [1.54, 1.807) is 25.6 Å². The van der Waals surface area contributed by atoms with Gasteiger partial charge < -0.3 is 10.0 Å². The fourth-order valence-electron chi connectivity index (χ4n) is 3.30. The van der Waals surface area contributed by atoms with E-state index in [0.717, 1.165) is 17.8 Å². The summed E-state index contributed by atoms with van der Waals surface area (Å²) in [5.74, 6) is -2.16. The number of halogens is 2. The Balaban J connectivity index is 1.98. The van der Waals surface area contributed by atoms with Crippen LogP contribution in [0, 0.1) is 25.5 Å². The fourth-order valence-corrected chi connectivity index (χ4v) is 3.30. The van der Waals surface area contributed by atoms with Gasteiger partial charge in [0.25, 0.3) is 5.91 Å². The van der Waals surface area contributed by atoms with Gasteiger partial charge in [-0.15, -0.1) is 0 Å². The molecule has 3 rings (SSSR count). The van der Waals surface area contributed by atoms with Crippen molar-refractivity contribution in [3.05, 3.63) is 52.3 Å². The molecule has 1 N–H and O–H groups in total. The molecule has 2 heterocycles. The normalized spacial score (nSPS) is 20.7. The summed E-state index contributed by atoms with van der Waals surface area (Å²) >= 11 is 0. The Morgan fingerprint density at radius 2 is 2.00 bits per heavy atom. The molecule has 1 aromatic carbocycles. The Kier molecular flexibility index (Phi) is 4.13. The van der Waals surface area contributed by atoms with Gasteiger partial charge >= 0.3 is 0 Å². The van der Waals surface area contributed by atoms with Crippen LogP contribution < -0.4 is 0 Å². The van der Waals surface area contributed by atoms with Crippen molar-refractivity contribution in [3.63, 3.8) is 0 Å². The molecule has 0 aliphatic carbocycles. The van der Waals surface area contributed by atoms with Crippen LogP contribution in [0.5, 0.6) is 0 Å². The summed E-state index contributed by atoms with van der Waals surface area (Å²) in [5.41, 5.74) is 2.28. The molecule has 1 aromatic heterocycles. The van der Waals surface area contributed by atoms with E-state index >= 15 is 0 Å². The second kappa shape index (κ2) is 5.98. The van der Waals surface area contributed by atoms with Gasteiger partial charge in [-0.05, 0) is 38.0 Å². The topological polar surface area (TPSA) is 58.4 Å².